The highest BCUT2D eigenvalue weighted by molar-refractivity contribution is 5.88. The van der Waals surface area contributed by atoms with Gasteiger partial charge in [-0.2, -0.15) is 0 Å². The Morgan fingerprint density at radius 1 is 0.395 bits per heavy atom. The van der Waals surface area contributed by atoms with Gasteiger partial charge in [0.1, 0.15) is 0 Å². The van der Waals surface area contributed by atoms with E-state index in [1.165, 1.54) is 0 Å². The molecular weight excluding hydrogens is 1020 g/mol. The standard InChI is InChI=1S/C69H90O12/c1-13-43-72-63(41-39-59(80-61(70)51(9)10)66(74-45-15-3,53-31-23-21-24-32-53)68(63,76-47-17-5)77-48-18-6)65(57-37-29-27-35-55(57)56-36-28-30-38-58(56)65)64(73-44-14-2)42-40-60(81-62(71)52(11)12)67(75-46-16-4,54-33-25-22-26-34-54)69(64,78-49-19-7)79-50-20-8/h21-42,59-60H,9,11,13-20,43-50H2,1-8,10,12H3. The maximum Gasteiger partial charge on any atom is 0.333 e. The van der Waals surface area contributed by atoms with Gasteiger partial charge >= 0.3 is 11.9 Å². The Morgan fingerprint density at radius 3 is 0.988 bits per heavy atom. The number of hydrogen-bond donors (Lipinski definition) is 0. The fourth-order valence-corrected chi connectivity index (χ4v) is 12.7. The zero-order chi connectivity index (χ0) is 58.4. The molecule has 0 saturated carbocycles. The largest absolute Gasteiger partial charge is 0.451 e. The topological polar surface area (TPSA) is 126 Å². The van der Waals surface area contributed by atoms with Crippen molar-refractivity contribution in [1.29, 1.82) is 0 Å². The molecule has 438 valence electrons. The van der Waals surface area contributed by atoms with Crippen LogP contribution in [0.25, 0.3) is 11.1 Å². The third kappa shape index (κ3) is 10.3. The lowest BCUT2D eigenvalue weighted by atomic mass is 9.45. The highest BCUT2D eigenvalue weighted by atomic mass is 16.8. The number of fused-ring (bicyclic) bond motifs is 3. The molecule has 0 N–H and O–H groups in total. The Kier molecular flexibility index (Phi) is 21.6. The first-order valence-corrected chi connectivity index (χ1v) is 29.8. The normalized spacial score (nSPS) is 24.7. The second-order valence-electron chi connectivity index (χ2n) is 21.5. The average Bonchev–Trinajstić information content (AvgIpc) is 1.93. The summed E-state index contributed by atoms with van der Waals surface area (Å²) < 4.78 is 77.8. The monoisotopic (exact) mass is 1110 g/mol. The molecule has 3 aliphatic rings. The van der Waals surface area contributed by atoms with Gasteiger partial charge in [0.25, 0.3) is 0 Å². The van der Waals surface area contributed by atoms with Gasteiger partial charge in [-0.1, -0.05) is 178 Å². The van der Waals surface area contributed by atoms with Crippen molar-refractivity contribution in [2.75, 3.05) is 52.9 Å². The van der Waals surface area contributed by atoms with E-state index in [1.807, 2.05) is 123 Å². The molecule has 6 unspecified atom stereocenters. The highest BCUT2D eigenvalue weighted by Crippen LogP contribution is 2.74. The van der Waals surface area contributed by atoms with Gasteiger partial charge < -0.3 is 47.4 Å². The molecule has 4 aromatic rings. The van der Waals surface area contributed by atoms with Crippen LogP contribution in [0.2, 0.25) is 0 Å². The number of hydrogen-bond acceptors (Lipinski definition) is 12. The molecule has 0 fully saturated rings. The first-order chi connectivity index (χ1) is 39.3. The van der Waals surface area contributed by atoms with E-state index in [0.717, 1.165) is 22.3 Å². The Labute approximate surface area is 483 Å². The zero-order valence-electron chi connectivity index (χ0n) is 50.0. The minimum absolute atomic E-state index is 0.119. The number of benzene rings is 4. The summed E-state index contributed by atoms with van der Waals surface area (Å²) in [5.74, 6) is -5.63. The summed E-state index contributed by atoms with van der Waals surface area (Å²) in [5.41, 5.74) is -4.85. The van der Waals surface area contributed by atoms with E-state index in [-0.39, 0.29) is 64.0 Å². The lowest BCUT2D eigenvalue weighted by molar-refractivity contribution is -0.453. The van der Waals surface area contributed by atoms with E-state index >= 15 is 0 Å². The summed E-state index contributed by atoms with van der Waals surface area (Å²) in [6, 6.07) is 36.3. The summed E-state index contributed by atoms with van der Waals surface area (Å²) in [6.07, 6.45) is 9.59. The summed E-state index contributed by atoms with van der Waals surface area (Å²) >= 11 is 0. The number of carbonyl (C=O) groups is 2. The van der Waals surface area contributed by atoms with E-state index in [4.69, 9.17) is 47.4 Å². The molecule has 0 aromatic heterocycles. The number of ether oxygens (including phenoxy) is 10. The fourth-order valence-electron chi connectivity index (χ4n) is 12.7. The van der Waals surface area contributed by atoms with Crippen molar-refractivity contribution < 1.29 is 57.0 Å². The average molecular weight is 1110 g/mol. The van der Waals surface area contributed by atoms with Crippen molar-refractivity contribution in [2.45, 2.75) is 172 Å². The van der Waals surface area contributed by atoms with Crippen LogP contribution in [0.5, 0.6) is 0 Å². The number of carbonyl (C=O) groups excluding carboxylic acids is 2. The van der Waals surface area contributed by atoms with Crippen LogP contribution >= 0.6 is 0 Å². The molecule has 81 heavy (non-hydrogen) atoms. The summed E-state index contributed by atoms with van der Waals surface area (Å²) in [4.78, 5) is 29.1. The smallest absolute Gasteiger partial charge is 0.333 e. The first kappa shape index (κ1) is 63.0. The molecule has 3 aliphatic carbocycles. The Morgan fingerprint density at radius 2 is 0.679 bits per heavy atom. The second kappa shape index (κ2) is 27.7. The van der Waals surface area contributed by atoms with Gasteiger partial charge in [0.2, 0.25) is 11.6 Å². The van der Waals surface area contributed by atoms with Crippen LogP contribution in [0.15, 0.2) is 158 Å². The minimum Gasteiger partial charge on any atom is -0.451 e. The van der Waals surface area contributed by atoms with Crippen molar-refractivity contribution in [3.05, 3.63) is 180 Å². The van der Waals surface area contributed by atoms with Crippen molar-refractivity contribution in [3.63, 3.8) is 0 Å². The first-order valence-electron chi connectivity index (χ1n) is 29.8. The zero-order valence-corrected chi connectivity index (χ0v) is 50.0. The molecule has 12 heteroatoms. The van der Waals surface area contributed by atoms with Gasteiger partial charge in [0.15, 0.2) is 34.6 Å². The molecule has 0 saturated heterocycles. The van der Waals surface area contributed by atoms with Crippen LogP contribution in [0, 0.1) is 0 Å². The Balaban J connectivity index is 1.94. The van der Waals surface area contributed by atoms with Crippen molar-refractivity contribution in [1.82, 2.24) is 0 Å². The molecule has 0 aliphatic heterocycles. The lowest BCUT2D eigenvalue weighted by Gasteiger charge is -2.71. The highest BCUT2D eigenvalue weighted by Gasteiger charge is 2.89. The van der Waals surface area contributed by atoms with Crippen molar-refractivity contribution in [3.8, 4) is 11.1 Å². The van der Waals surface area contributed by atoms with Crippen LogP contribution in [-0.2, 0) is 73.6 Å². The maximum atomic E-state index is 14.5. The molecule has 4 aromatic carbocycles. The van der Waals surface area contributed by atoms with E-state index in [1.54, 1.807) is 13.8 Å². The molecule has 7 rings (SSSR count). The van der Waals surface area contributed by atoms with Gasteiger partial charge in [-0.15, -0.1) is 0 Å². The quantitative estimate of drug-likeness (QED) is 0.0200. The van der Waals surface area contributed by atoms with Gasteiger partial charge in [0, 0.05) is 37.6 Å². The summed E-state index contributed by atoms with van der Waals surface area (Å²) in [6.45, 7) is 28.9. The molecule has 0 radical (unpaired) electrons. The number of rotatable bonds is 32. The van der Waals surface area contributed by atoms with Crippen LogP contribution in [0.4, 0.5) is 0 Å². The Bertz CT molecular complexity index is 2580. The molecule has 0 bridgehead atoms. The van der Waals surface area contributed by atoms with E-state index in [2.05, 4.69) is 79.0 Å². The number of esters is 2. The molecule has 6 atom stereocenters. The van der Waals surface area contributed by atoms with E-state index in [9.17, 15) is 9.59 Å². The molecule has 0 amide bonds. The van der Waals surface area contributed by atoms with Crippen molar-refractivity contribution in [2.24, 2.45) is 0 Å². The van der Waals surface area contributed by atoms with Gasteiger partial charge in [-0.25, -0.2) is 9.59 Å². The molecule has 0 heterocycles. The van der Waals surface area contributed by atoms with E-state index in [0.29, 0.717) is 62.5 Å². The molecule has 12 nitrogen and oxygen atoms in total. The fraction of sp³-hybridized carbons (Fsp3) is 0.507. The summed E-state index contributed by atoms with van der Waals surface area (Å²) in [7, 11) is 0. The van der Waals surface area contributed by atoms with Crippen LogP contribution in [0.1, 0.15) is 143 Å². The van der Waals surface area contributed by atoms with Gasteiger partial charge in [-0.3, -0.25) is 0 Å². The lowest BCUT2D eigenvalue weighted by Crippen LogP contribution is -2.88. The van der Waals surface area contributed by atoms with Crippen LogP contribution in [0.3, 0.4) is 0 Å². The predicted octanol–water partition coefficient (Wildman–Crippen LogP) is 14.1. The van der Waals surface area contributed by atoms with Gasteiger partial charge in [-0.05, 0) is 123 Å². The third-order valence-corrected chi connectivity index (χ3v) is 15.6. The van der Waals surface area contributed by atoms with Gasteiger partial charge in [0.05, 0.1) is 31.8 Å². The van der Waals surface area contributed by atoms with E-state index < -0.39 is 63.5 Å². The maximum absolute atomic E-state index is 14.5. The SMILES string of the molecule is C=C(C)C(=O)OC1C=CC(OCCC)(C2(C3(OCCC)C=CC(OC(=O)C(=C)C)C(OCCC)(c4ccccc4)C3(OCCC)OCCC)c3ccccc3-c3ccccc32)C(OCCC)(OCCC)C1(OCCC)c1ccccc1. The molecule has 0 spiro atoms. The second-order valence-corrected chi connectivity index (χ2v) is 21.5. The predicted molar refractivity (Wildman–Crippen MR) is 317 cm³/mol. The van der Waals surface area contributed by atoms with Crippen LogP contribution in [-0.4, -0.2) is 99.8 Å². The molecular formula is C69H90O12. The third-order valence-electron chi connectivity index (χ3n) is 15.6. The van der Waals surface area contributed by atoms with Crippen molar-refractivity contribution >= 4 is 11.9 Å². The van der Waals surface area contributed by atoms with Crippen LogP contribution < -0.4 is 0 Å². The summed E-state index contributed by atoms with van der Waals surface area (Å²) in [5, 5.41) is 0. The Hall–Kier alpha value is -5.54. The minimum atomic E-state index is -2.18.